The fourth-order valence-corrected chi connectivity index (χ4v) is 5.63. The zero-order chi connectivity index (χ0) is 25.9. The third-order valence-corrected chi connectivity index (χ3v) is 7.86. The number of benzene rings is 3. The number of piperazine rings is 1. The van der Waals surface area contributed by atoms with Gasteiger partial charge in [0.15, 0.2) is 0 Å². The molecule has 2 aliphatic rings. The van der Waals surface area contributed by atoms with Crippen LogP contribution < -0.4 is 9.64 Å². The number of para-hydroxylation sites is 1. The maximum atomic E-state index is 13.9. The number of carbonyl (C=O) groups excluding carboxylic acids is 2. The lowest BCUT2D eigenvalue weighted by Gasteiger charge is -2.38. The number of nitrogens with zero attached hydrogens (tertiary/aromatic N) is 3. The molecule has 7 heteroatoms. The number of halogens is 1. The minimum Gasteiger partial charge on any atom is -0.497 e. The highest BCUT2D eigenvalue weighted by atomic mass is 35.5. The van der Waals surface area contributed by atoms with E-state index in [9.17, 15) is 9.59 Å². The highest BCUT2D eigenvalue weighted by Crippen LogP contribution is 2.36. The minimum absolute atomic E-state index is 0.0742. The number of methoxy groups -OCH3 is 1. The number of amides is 2. The Morgan fingerprint density at radius 2 is 1.51 bits per heavy atom. The lowest BCUT2D eigenvalue weighted by atomic mass is 9.87. The van der Waals surface area contributed by atoms with Crippen LogP contribution in [0.4, 0.5) is 5.69 Å². The molecule has 6 nitrogen and oxygen atoms in total. The summed E-state index contributed by atoms with van der Waals surface area (Å²) in [4.78, 5) is 33.4. The van der Waals surface area contributed by atoms with Crippen molar-refractivity contribution >= 4 is 29.1 Å². The van der Waals surface area contributed by atoms with E-state index in [4.69, 9.17) is 16.3 Å². The molecule has 192 valence electrons. The summed E-state index contributed by atoms with van der Waals surface area (Å²) in [5.41, 5.74) is 4.10. The summed E-state index contributed by atoms with van der Waals surface area (Å²) in [6.07, 6.45) is 0. The fourth-order valence-electron chi connectivity index (χ4n) is 5.50. The largest absolute Gasteiger partial charge is 0.497 e. The molecule has 2 aliphatic heterocycles. The van der Waals surface area contributed by atoms with Crippen molar-refractivity contribution in [2.24, 2.45) is 5.92 Å². The van der Waals surface area contributed by atoms with Crippen molar-refractivity contribution in [3.8, 4) is 5.75 Å². The molecule has 0 aliphatic carbocycles. The second kappa shape index (κ2) is 10.9. The minimum atomic E-state index is -0.297. The first kappa shape index (κ1) is 25.2. The summed E-state index contributed by atoms with van der Waals surface area (Å²) < 4.78 is 5.33. The van der Waals surface area contributed by atoms with Crippen molar-refractivity contribution in [2.75, 3.05) is 51.3 Å². The van der Waals surface area contributed by atoms with Gasteiger partial charge in [0.25, 0.3) is 5.91 Å². The van der Waals surface area contributed by atoms with Crippen LogP contribution in [0.25, 0.3) is 0 Å². The number of hydrogen-bond donors (Lipinski definition) is 0. The van der Waals surface area contributed by atoms with Crippen LogP contribution in [0.5, 0.6) is 5.75 Å². The molecule has 3 aromatic rings. The summed E-state index contributed by atoms with van der Waals surface area (Å²) in [5.74, 6) is 0.441. The Morgan fingerprint density at radius 3 is 2.16 bits per heavy atom. The average Bonchev–Trinajstić information content (AvgIpc) is 3.39. The number of anilines is 1. The molecule has 37 heavy (non-hydrogen) atoms. The second-order valence-electron chi connectivity index (χ2n) is 9.80. The highest BCUT2D eigenvalue weighted by molar-refractivity contribution is 6.30. The Hall–Kier alpha value is -3.51. The van der Waals surface area contributed by atoms with Gasteiger partial charge in [-0.2, -0.15) is 0 Å². The topological polar surface area (TPSA) is 53.1 Å². The van der Waals surface area contributed by atoms with Gasteiger partial charge in [-0.1, -0.05) is 41.9 Å². The van der Waals surface area contributed by atoms with E-state index in [0.29, 0.717) is 36.8 Å². The third kappa shape index (κ3) is 5.30. The Bertz CT molecular complexity index is 1250. The van der Waals surface area contributed by atoms with Crippen molar-refractivity contribution in [2.45, 2.75) is 12.8 Å². The highest BCUT2D eigenvalue weighted by Gasteiger charge is 2.42. The van der Waals surface area contributed by atoms with E-state index < -0.39 is 0 Å². The van der Waals surface area contributed by atoms with Gasteiger partial charge in [-0.25, -0.2) is 0 Å². The first-order valence-corrected chi connectivity index (χ1v) is 13.1. The van der Waals surface area contributed by atoms with Crippen molar-refractivity contribution in [3.05, 3.63) is 94.5 Å². The average molecular weight is 518 g/mol. The van der Waals surface area contributed by atoms with E-state index in [-0.39, 0.29) is 23.7 Å². The molecule has 3 aromatic carbocycles. The van der Waals surface area contributed by atoms with Gasteiger partial charge in [0.1, 0.15) is 5.75 Å². The Balaban J connectivity index is 1.34. The molecule has 2 saturated heterocycles. The molecular weight excluding hydrogens is 486 g/mol. The molecule has 2 heterocycles. The summed E-state index contributed by atoms with van der Waals surface area (Å²) >= 11 is 6.02. The number of carbonyl (C=O) groups is 2. The quantitative estimate of drug-likeness (QED) is 0.485. The first-order valence-electron chi connectivity index (χ1n) is 12.7. The Labute approximate surface area is 223 Å². The van der Waals surface area contributed by atoms with E-state index >= 15 is 0 Å². The molecule has 2 fully saturated rings. The molecule has 0 saturated carbocycles. The van der Waals surface area contributed by atoms with E-state index in [0.717, 1.165) is 24.4 Å². The van der Waals surface area contributed by atoms with E-state index in [1.165, 1.54) is 11.3 Å². The zero-order valence-electron chi connectivity index (χ0n) is 21.3. The lowest BCUT2D eigenvalue weighted by Crippen LogP contribution is -2.51. The van der Waals surface area contributed by atoms with Gasteiger partial charge in [-0.3, -0.25) is 9.59 Å². The predicted molar refractivity (Wildman–Crippen MR) is 147 cm³/mol. The van der Waals surface area contributed by atoms with Gasteiger partial charge in [0.2, 0.25) is 5.91 Å². The number of ether oxygens (including phenoxy) is 1. The Kier molecular flexibility index (Phi) is 7.38. The molecule has 0 spiro atoms. The molecule has 0 unspecified atom stereocenters. The summed E-state index contributed by atoms with van der Waals surface area (Å²) in [6, 6.07) is 23.2. The second-order valence-corrected chi connectivity index (χ2v) is 10.2. The molecule has 2 atom stereocenters. The van der Waals surface area contributed by atoms with Crippen LogP contribution in [0.1, 0.15) is 27.4 Å². The first-order chi connectivity index (χ1) is 17.9. The van der Waals surface area contributed by atoms with E-state index in [1.807, 2.05) is 34.1 Å². The van der Waals surface area contributed by atoms with Crippen LogP contribution in [0.2, 0.25) is 5.02 Å². The number of likely N-dealkylation sites (tertiary alicyclic amines) is 1. The predicted octanol–water partition coefficient (Wildman–Crippen LogP) is 4.86. The molecule has 0 radical (unpaired) electrons. The van der Waals surface area contributed by atoms with E-state index in [2.05, 4.69) is 36.1 Å². The lowest BCUT2D eigenvalue weighted by molar-refractivity contribution is -0.135. The molecule has 5 rings (SSSR count). The fraction of sp³-hybridized carbons (Fsp3) is 0.333. The van der Waals surface area contributed by atoms with Crippen molar-refractivity contribution < 1.29 is 14.3 Å². The van der Waals surface area contributed by atoms with Gasteiger partial charge in [-0.05, 0) is 60.5 Å². The number of hydrogen-bond acceptors (Lipinski definition) is 4. The van der Waals surface area contributed by atoms with Crippen LogP contribution in [-0.2, 0) is 4.79 Å². The van der Waals surface area contributed by atoms with Crippen LogP contribution in [-0.4, -0.2) is 68.0 Å². The number of rotatable bonds is 5. The molecular formula is C30H32ClN3O3. The summed E-state index contributed by atoms with van der Waals surface area (Å²) in [6.45, 7) is 5.95. The van der Waals surface area contributed by atoms with Gasteiger partial charge < -0.3 is 19.4 Å². The van der Waals surface area contributed by atoms with Crippen LogP contribution in [0, 0.1) is 12.8 Å². The molecule has 2 amide bonds. The smallest absolute Gasteiger partial charge is 0.253 e. The van der Waals surface area contributed by atoms with Crippen LogP contribution in [0.15, 0.2) is 72.8 Å². The normalized spacial score (nSPS) is 19.7. The standard InChI is InChI=1S/C30H32ClN3O3/c1-21-5-3-4-6-28(21)32-15-17-33(18-16-32)30(36)27-20-34(29(35)23-7-11-24(31)12-8-23)19-26(27)22-9-13-25(37-2)14-10-22/h3-14,26-27H,15-20H2,1-2H3/t26-,27+/m1/s1. The monoisotopic (exact) mass is 517 g/mol. The van der Waals surface area contributed by atoms with E-state index in [1.54, 1.807) is 31.4 Å². The van der Waals surface area contributed by atoms with Crippen molar-refractivity contribution in [3.63, 3.8) is 0 Å². The van der Waals surface area contributed by atoms with Crippen molar-refractivity contribution in [1.29, 1.82) is 0 Å². The summed E-state index contributed by atoms with van der Waals surface area (Å²) in [7, 11) is 1.64. The van der Waals surface area contributed by atoms with Crippen LogP contribution in [0.3, 0.4) is 0 Å². The summed E-state index contributed by atoms with van der Waals surface area (Å²) in [5, 5.41) is 0.590. The van der Waals surface area contributed by atoms with Gasteiger partial charge >= 0.3 is 0 Å². The Morgan fingerprint density at radius 1 is 0.838 bits per heavy atom. The molecule has 0 N–H and O–H groups in total. The van der Waals surface area contributed by atoms with Gasteiger partial charge in [-0.15, -0.1) is 0 Å². The van der Waals surface area contributed by atoms with Gasteiger partial charge in [0, 0.05) is 61.5 Å². The third-order valence-electron chi connectivity index (χ3n) is 7.61. The van der Waals surface area contributed by atoms with Crippen LogP contribution >= 0.6 is 11.6 Å². The molecule has 0 aromatic heterocycles. The SMILES string of the molecule is COc1ccc([C@H]2CN(C(=O)c3ccc(Cl)cc3)C[C@@H]2C(=O)N2CCN(c3ccccc3C)CC2)cc1. The zero-order valence-corrected chi connectivity index (χ0v) is 22.0. The van der Waals surface area contributed by atoms with Gasteiger partial charge in [0.05, 0.1) is 13.0 Å². The molecule has 0 bridgehead atoms. The van der Waals surface area contributed by atoms with Crippen molar-refractivity contribution in [1.82, 2.24) is 9.80 Å². The number of aryl methyl sites for hydroxylation is 1. The maximum Gasteiger partial charge on any atom is 0.253 e. The maximum absolute atomic E-state index is 13.9.